The van der Waals surface area contributed by atoms with Crippen LogP contribution in [0.5, 0.6) is 0 Å². The summed E-state index contributed by atoms with van der Waals surface area (Å²) in [6, 6.07) is 8.53. The monoisotopic (exact) mass is 273 g/mol. The number of alkyl halides is 3. The largest absolute Gasteiger partial charge is 0.298 e. The van der Waals surface area contributed by atoms with E-state index in [2.05, 4.69) is 4.98 Å². The van der Waals surface area contributed by atoms with E-state index in [4.69, 9.17) is 34.8 Å². The molecule has 0 saturated heterocycles. The van der Waals surface area contributed by atoms with Gasteiger partial charge in [0, 0.05) is 10.9 Å². The van der Waals surface area contributed by atoms with Crippen molar-refractivity contribution in [1.29, 1.82) is 0 Å². The molecule has 82 valence electrons. The minimum atomic E-state index is -1.53. The summed E-state index contributed by atoms with van der Waals surface area (Å²) in [5, 5.41) is 0.836. The van der Waals surface area contributed by atoms with Crippen LogP contribution < -0.4 is 0 Å². The predicted octanol–water partition coefficient (Wildman–Crippen LogP) is 3.87. The van der Waals surface area contributed by atoms with E-state index in [1.165, 1.54) is 0 Å². The quantitative estimate of drug-likeness (QED) is 0.583. The van der Waals surface area contributed by atoms with Gasteiger partial charge < -0.3 is 0 Å². The van der Waals surface area contributed by atoms with Gasteiger partial charge in [-0.15, -0.1) is 0 Å². The number of carbonyl (C=O) groups excluding carboxylic acids is 1. The highest BCUT2D eigenvalue weighted by Crippen LogP contribution is 2.37. The molecule has 0 aliphatic heterocycles. The molecule has 0 fully saturated rings. The van der Waals surface area contributed by atoms with Crippen LogP contribution in [0, 0.1) is 0 Å². The Balaban J connectivity index is 2.60. The van der Waals surface area contributed by atoms with Crippen LogP contribution in [-0.4, -0.2) is 11.3 Å². The smallest absolute Gasteiger partial charge is 0.232 e. The van der Waals surface area contributed by atoms with Crippen LogP contribution in [0.1, 0.15) is 16.1 Å². The van der Waals surface area contributed by atoms with Gasteiger partial charge in [-0.3, -0.25) is 4.79 Å². The molecule has 2 rings (SSSR count). The lowest BCUT2D eigenvalue weighted by Gasteiger charge is -2.10. The zero-order chi connectivity index (χ0) is 11.8. The van der Waals surface area contributed by atoms with Crippen LogP contribution >= 0.6 is 34.8 Å². The third-order valence-electron chi connectivity index (χ3n) is 2.14. The fourth-order valence-corrected chi connectivity index (χ4v) is 1.69. The highest BCUT2D eigenvalue weighted by molar-refractivity contribution is 6.66. The molecule has 2 nitrogen and oxygen atoms in total. The third-order valence-corrected chi connectivity index (χ3v) is 2.72. The second-order valence-corrected chi connectivity index (χ2v) is 5.55. The standard InChI is InChI=1S/C11H6Cl3NO/c12-11(13,14)10-4-2-8-5-7(6-16)1-3-9(8)15-10/h1-6H. The zero-order valence-corrected chi connectivity index (χ0v) is 10.2. The molecule has 5 heteroatoms. The lowest BCUT2D eigenvalue weighted by Crippen LogP contribution is -2.03. The van der Waals surface area contributed by atoms with Gasteiger partial charge >= 0.3 is 0 Å². The first-order valence-corrected chi connectivity index (χ1v) is 5.57. The number of rotatable bonds is 1. The highest BCUT2D eigenvalue weighted by Gasteiger charge is 2.24. The molecule has 0 bridgehead atoms. The van der Waals surface area contributed by atoms with Gasteiger partial charge in [0.05, 0.1) is 11.2 Å². The SMILES string of the molecule is O=Cc1ccc2nc(C(Cl)(Cl)Cl)ccc2c1. The number of aldehydes is 1. The number of hydrogen-bond acceptors (Lipinski definition) is 2. The van der Waals surface area contributed by atoms with Gasteiger partial charge in [0.15, 0.2) is 0 Å². The van der Waals surface area contributed by atoms with Gasteiger partial charge in [0.1, 0.15) is 6.29 Å². The molecule has 0 radical (unpaired) electrons. The van der Waals surface area contributed by atoms with E-state index in [1.807, 2.05) is 0 Å². The van der Waals surface area contributed by atoms with Gasteiger partial charge in [-0.1, -0.05) is 40.9 Å². The molecule has 16 heavy (non-hydrogen) atoms. The number of carbonyl (C=O) groups is 1. The van der Waals surface area contributed by atoms with Crippen molar-refractivity contribution in [1.82, 2.24) is 4.98 Å². The lowest BCUT2D eigenvalue weighted by atomic mass is 10.1. The number of benzene rings is 1. The van der Waals surface area contributed by atoms with Crippen LogP contribution in [0.25, 0.3) is 10.9 Å². The van der Waals surface area contributed by atoms with Crippen LogP contribution in [-0.2, 0) is 3.79 Å². The van der Waals surface area contributed by atoms with Crippen LogP contribution in [0.2, 0.25) is 0 Å². The van der Waals surface area contributed by atoms with Crippen molar-refractivity contribution in [2.24, 2.45) is 0 Å². The summed E-state index contributed by atoms with van der Waals surface area (Å²) in [5.74, 6) is 0. The molecule has 0 aliphatic rings. The summed E-state index contributed by atoms with van der Waals surface area (Å²) in [4.78, 5) is 14.8. The molecule has 0 spiro atoms. The highest BCUT2D eigenvalue weighted by atomic mass is 35.6. The van der Waals surface area contributed by atoms with E-state index >= 15 is 0 Å². The van der Waals surface area contributed by atoms with Crippen molar-refractivity contribution in [2.45, 2.75) is 3.79 Å². The zero-order valence-electron chi connectivity index (χ0n) is 7.95. The maximum atomic E-state index is 10.6. The summed E-state index contributed by atoms with van der Waals surface area (Å²) >= 11 is 17.2. The Kier molecular flexibility index (Phi) is 3.06. The fourth-order valence-electron chi connectivity index (χ4n) is 1.38. The lowest BCUT2D eigenvalue weighted by molar-refractivity contribution is 0.112. The second kappa shape index (κ2) is 4.21. The molecular formula is C11H6Cl3NO. The normalized spacial score (nSPS) is 11.7. The predicted molar refractivity (Wildman–Crippen MR) is 66.4 cm³/mol. The maximum absolute atomic E-state index is 10.6. The number of aromatic nitrogens is 1. The number of nitrogens with zero attached hydrogens (tertiary/aromatic N) is 1. The van der Waals surface area contributed by atoms with E-state index in [-0.39, 0.29) is 0 Å². The minimum Gasteiger partial charge on any atom is -0.298 e. The van der Waals surface area contributed by atoms with Crippen molar-refractivity contribution in [2.75, 3.05) is 0 Å². The summed E-state index contributed by atoms with van der Waals surface area (Å²) in [6.07, 6.45) is 0.780. The van der Waals surface area contributed by atoms with Gasteiger partial charge in [0.25, 0.3) is 0 Å². The first kappa shape index (κ1) is 11.6. The Bertz CT molecular complexity index is 548. The molecule has 0 unspecified atom stereocenters. The average Bonchev–Trinajstić information content (AvgIpc) is 2.26. The molecule has 1 aromatic carbocycles. The topological polar surface area (TPSA) is 30.0 Å². The van der Waals surface area contributed by atoms with E-state index in [9.17, 15) is 4.79 Å². The Morgan fingerprint density at radius 3 is 2.50 bits per heavy atom. The first-order valence-electron chi connectivity index (χ1n) is 4.44. The fraction of sp³-hybridized carbons (Fsp3) is 0.0909. The second-order valence-electron chi connectivity index (χ2n) is 3.26. The van der Waals surface area contributed by atoms with Gasteiger partial charge in [-0.25, -0.2) is 4.98 Å². The van der Waals surface area contributed by atoms with Crippen molar-refractivity contribution in [3.8, 4) is 0 Å². The average molecular weight is 275 g/mol. The molecule has 0 N–H and O–H groups in total. The maximum Gasteiger partial charge on any atom is 0.232 e. The van der Waals surface area contributed by atoms with Gasteiger partial charge in [-0.05, 0) is 24.3 Å². The van der Waals surface area contributed by atoms with Gasteiger partial charge in [-0.2, -0.15) is 0 Å². The number of pyridine rings is 1. The third kappa shape index (κ3) is 2.29. The van der Waals surface area contributed by atoms with E-state index < -0.39 is 3.79 Å². The number of fused-ring (bicyclic) bond motifs is 1. The Labute approximate surface area is 107 Å². The Morgan fingerprint density at radius 1 is 1.12 bits per heavy atom. The minimum absolute atomic E-state index is 0.365. The molecule has 1 aromatic heterocycles. The van der Waals surface area contributed by atoms with Crippen molar-refractivity contribution in [3.05, 3.63) is 41.6 Å². The van der Waals surface area contributed by atoms with E-state index in [0.29, 0.717) is 16.8 Å². The summed E-state index contributed by atoms with van der Waals surface area (Å²) in [5.41, 5.74) is 1.65. The summed E-state index contributed by atoms with van der Waals surface area (Å²) in [7, 11) is 0. The molecule has 0 saturated carbocycles. The van der Waals surface area contributed by atoms with E-state index in [0.717, 1.165) is 11.7 Å². The van der Waals surface area contributed by atoms with Crippen LogP contribution in [0.3, 0.4) is 0 Å². The number of halogens is 3. The van der Waals surface area contributed by atoms with Gasteiger partial charge in [0.2, 0.25) is 3.79 Å². The van der Waals surface area contributed by atoms with Crippen LogP contribution in [0.15, 0.2) is 30.3 Å². The molecule has 0 atom stereocenters. The number of hydrogen-bond donors (Lipinski definition) is 0. The Morgan fingerprint density at radius 2 is 1.88 bits per heavy atom. The van der Waals surface area contributed by atoms with E-state index in [1.54, 1.807) is 30.3 Å². The summed E-state index contributed by atoms with van der Waals surface area (Å²) in [6.45, 7) is 0. The molecular weight excluding hydrogens is 268 g/mol. The van der Waals surface area contributed by atoms with Crippen molar-refractivity contribution in [3.63, 3.8) is 0 Å². The summed E-state index contributed by atoms with van der Waals surface area (Å²) < 4.78 is -1.53. The molecule has 2 aromatic rings. The molecule has 1 heterocycles. The molecule has 0 aliphatic carbocycles. The van der Waals surface area contributed by atoms with Crippen molar-refractivity contribution >= 4 is 52.0 Å². The molecule has 0 amide bonds. The van der Waals surface area contributed by atoms with Crippen molar-refractivity contribution < 1.29 is 4.79 Å². The first-order chi connectivity index (χ1) is 7.50. The Hall–Kier alpha value is -0.830. The van der Waals surface area contributed by atoms with Crippen LogP contribution in [0.4, 0.5) is 0 Å².